The molecule has 0 unspecified atom stereocenters. The van der Waals surface area contributed by atoms with Crippen LogP contribution in [0.3, 0.4) is 0 Å². The molecule has 5 nitrogen and oxygen atoms in total. The van der Waals surface area contributed by atoms with Crippen LogP contribution in [0.25, 0.3) is 0 Å². The molecule has 5 heteroatoms. The minimum atomic E-state index is 0.347. The zero-order valence-corrected chi connectivity index (χ0v) is 9.42. The molecule has 0 aliphatic rings. The number of nitrogen functional groups attached to an aromatic ring is 1. The molecule has 1 aromatic heterocycles. The minimum absolute atomic E-state index is 0.347. The van der Waals surface area contributed by atoms with Gasteiger partial charge in [-0.05, 0) is 19.1 Å². The Hall–Kier alpha value is -2.48. The van der Waals surface area contributed by atoms with Crippen molar-refractivity contribution in [3.05, 3.63) is 36.2 Å². The van der Waals surface area contributed by atoms with Gasteiger partial charge in [-0.1, -0.05) is 6.07 Å². The Morgan fingerprint density at radius 1 is 1.53 bits per heavy atom. The molecule has 17 heavy (non-hydrogen) atoms. The van der Waals surface area contributed by atoms with Gasteiger partial charge in [0.2, 0.25) is 0 Å². The van der Waals surface area contributed by atoms with Crippen molar-refractivity contribution in [2.75, 3.05) is 5.73 Å². The van der Waals surface area contributed by atoms with Crippen LogP contribution in [-0.2, 0) is 6.54 Å². The van der Waals surface area contributed by atoms with Gasteiger partial charge >= 0.3 is 0 Å². The van der Waals surface area contributed by atoms with Gasteiger partial charge in [0.1, 0.15) is 6.07 Å². The maximum Gasteiger partial charge on any atom is 0.165 e. The van der Waals surface area contributed by atoms with Crippen LogP contribution in [-0.4, -0.2) is 9.78 Å². The third kappa shape index (κ3) is 2.21. The Labute approximate surface area is 99.0 Å². The van der Waals surface area contributed by atoms with Crippen LogP contribution >= 0.6 is 0 Å². The fraction of sp³-hybridized carbons (Fsp3) is 0.167. The van der Waals surface area contributed by atoms with Gasteiger partial charge in [-0.2, -0.15) is 10.4 Å². The van der Waals surface area contributed by atoms with Crippen LogP contribution in [0.1, 0.15) is 12.5 Å². The molecule has 0 spiro atoms. The van der Waals surface area contributed by atoms with E-state index in [0.29, 0.717) is 22.7 Å². The lowest BCUT2D eigenvalue weighted by Crippen LogP contribution is -1.95. The van der Waals surface area contributed by atoms with Gasteiger partial charge in [-0.3, -0.25) is 4.68 Å². The molecule has 2 aromatic rings. The first kappa shape index (κ1) is 11.0. The van der Waals surface area contributed by atoms with Crippen LogP contribution in [0.2, 0.25) is 0 Å². The number of nitriles is 1. The van der Waals surface area contributed by atoms with Crippen LogP contribution in [0.15, 0.2) is 30.6 Å². The predicted molar refractivity (Wildman–Crippen MR) is 63.5 cm³/mol. The Morgan fingerprint density at radius 2 is 2.35 bits per heavy atom. The molecular weight excluding hydrogens is 216 g/mol. The lowest BCUT2D eigenvalue weighted by Gasteiger charge is -2.06. The number of ether oxygens (including phenoxy) is 1. The minimum Gasteiger partial charge on any atom is -0.452 e. The number of aromatic nitrogens is 2. The lowest BCUT2D eigenvalue weighted by atomic mass is 10.2. The molecule has 86 valence electrons. The molecule has 0 saturated carbocycles. The zero-order valence-electron chi connectivity index (χ0n) is 9.42. The first-order valence-electron chi connectivity index (χ1n) is 5.23. The van der Waals surface area contributed by atoms with E-state index < -0.39 is 0 Å². The van der Waals surface area contributed by atoms with Crippen molar-refractivity contribution in [2.24, 2.45) is 0 Å². The molecule has 1 heterocycles. The number of anilines is 1. The van der Waals surface area contributed by atoms with Crippen LogP contribution in [0, 0.1) is 11.3 Å². The summed E-state index contributed by atoms with van der Waals surface area (Å²) in [6.07, 6.45) is 3.39. The van der Waals surface area contributed by atoms with Crippen molar-refractivity contribution in [1.82, 2.24) is 9.78 Å². The summed E-state index contributed by atoms with van der Waals surface area (Å²) in [5.74, 6) is 1.08. The summed E-state index contributed by atoms with van der Waals surface area (Å²) in [7, 11) is 0. The van der Waals surface area contributed by atoms with E-state index in [1.54, 1.807) is 35.3 Å². The van der Waals surface area contributed by atoms with E-state index in [1.165, 1.54) is 0 Å². The summed E-state index contributed by atoms with van der Waals surface area (Å²) in [5.41, 5.74) is 6.56. The van der Waals surface area contributed by atoms with Gasteiger partial charge in [0.15, 0.2) is 11.5 Å². The Bertz CT molecular complexity index is 568. The maximum atomic E-state index is 8.85. The average Bonchev–Trinajstić information content (AvgIpc) is 2.79. The molecule has 0 aliphatic carbocycles. The summed E-state index contributed by atoms with van der Waals surface area (Å²) < 4.78 is 7.32. The highest BCUT2D eigenvalue weighted by Crippen LogP contribution is 2.29. The zero-order chi connectivity index (χ0) is 12.3. The number of benzene rings is 1. The van der Waals surface area contributed by atoms with Crippen LogP contribution < -0.4 is 10.5 Å². The van der Waals surface area contributed by atoms with Crippen molar-refractivity contribution in [3.63, 3.8) is 0 Å². The molecule has 1 aromatic carbocycles. The van der Waals surface area contributed by atoms with Crippen molar-refractivity contribution >= 4 is 5.69 Å². The molecule has 0 fully saturated rings. The van der Waals surface area contributed by atoms with Gasteiger partial charge in [0.05, 0.1) is 23.6 Å². The van der Waals surface area contributed by atoms with E-state index in [0.717, 1.165) is 6.54 Å². The Morgan fingerprint density at radius 3 is 3.00 bits per heavy atom. The van der Waals surface area contributed by atoms with Gasteiger partial charge in [-0.25, -0.2) is 0 Å². The number of nitrogens with two attached hydrogens (primary N) is 1. The van der Waals surface area contributed by atoms with E-state index in [2.05, 4.69) is 5.10 Å². The normalized spacial score (nSPS) is 9.88. The molecule has 2 N–H and O–H groups in total. The molecule has 0 atom stereocenters. The fourth-order valence-corrected chi connectivity index (χ4v) is 1.43. The second-order valence-electron chi connectivity index (χ2n) is 3.46. The van der Waals surface area contributed by atoms with E-state index in [4.69, 9.17) is 15.7 Å². The van der Waals surface area contributed by atoms with Crippen molar-refractivity contribution < 1.29 is 4.74 Å². The summed E-state index contributed by atoms with van der Waals surface area (Å²) in [4.78, 5) is 0. The third-order valence-corrected chi connectivity index (χ3v) is 2.35. The smallest absolute Gasteiger partial charge is 0.165 e. The lowest BCUT2D eigenvalue weighted by molar-refractivity contribution is 0.483. The molecule has 0 radical (unpaired) electrons. The molecule has 2 rings (SSSR count). The molecule has 0 bridgehead atoms. The van der Waals surface area contributed by atoms with E-state index in [-0.39, 0.29) is 0 Å². The van der Waals surface area contributed by atoms with Crippen molar-refractivity contribution in [1.29, 1.82) is 5.26 Å². The van der Waals surface area contributed by atoms with Gasteiger partial charge in [0.25, 0.3) is 0 Å². The first-order chi connectivity index (χ1) is 8.24. The number of para-hydroxylation sites is 1. The highest BCUT2D eigenvalue weighted by molar-refractivity contribution is 5.63. The van der Waals surface area contributed by atoms with Crippen LogP contribution in [0.5, 0.6) is 11.5 Å². The van der Waals surface area contributed by atoms with E-state index >= 15 is 0 Å². The predicted octanol–water partition coefficient (Wildman–Crippen LogP) is 2.15. The third-order valence-electron chi connectivity index (χ3n) is 2.35. The van der Waals surface area contributed by atoms with Gasteiger partial charge in [0, 0.05) is 6.54 Å². The first-order valence-corrected chi connectivity index (χ1v) is 5.23. The molecule has 0 aliphatic heterocycles. The summed E-state index contributed by atoms with van der Waals surface area (Å²) in [6.45, 7) is 2.76. The number of nitrogens with zero attached hydrogens (tertiary/aromatic N) is 3. The maximum absolute atomic E-state index is 8.85. The van der Waals surface area contributed by atoms with Crippen molar-refractivity contribution in [2.45, 2.75) is 13.5 Å². The Balaban J connectivity index is 2.27. The van der Waals surface area contributed by atoms with Crippen molar-refractivity contribution in [3.8, 4) is 17.6 Å². The van der Waals surface area contributed by atoms with Gasteiger partial charge in [-0.15, -0.1) is 0 Å². The summed E-state index contributed by atoms with van der Waals surface area (Å²) in [5, 5.41) is 12.9. The summed E-state index contributed by atoms with van der Waals surface area (Å²) >= 11 is 0. The Kier molecular flexibility index (Phi) is 2.97. The highest BCUT2D eigenvalue weighted by Gasteiger charge is 2.07. The number of aryl methyl sites for hydroxylation is 1. The van der Waals surface area contributed by atoms with Gasteiger partial charge < -0.3 is 10.5 Å². The number of hydrogen-bond donors (Lipinski definition) is 1. The number of hydrogen-bond acceptors (Lipinski definition) is 4. The standard InChI is InChI=1S/C12H12N4O/c1-2-16-8-10(7-15-16)17-11-5-3-4-9(6-13)12(11)14/h3-5,7-8H,2,14H2,1H3. The average molecular weight is 228 g/mol. The molecule has 0 amide bonds. The largest absolute Gasteiger partial charge is 0.452 e. The molecular formula is C12H12N4O. The number of rotatable bonds is 3. The van der Waals surface area contributed by atoms with Crippen LogP contribution in [0.4, 0.5) is 5.69 Å². The van der Waals surface area contributed by atoms with E-state index in [1.807, 2.05) is 13.0 Å². The quantitative estimate of drug-likeness (QED) is 0.816. The monoisotopic (exact) mass is 228 g/mol. The summed E-state index contributed by atoms with van der Waals surface area (Å²) in [6, 6.07) is 7.11. The highest BCUT2D eigenvalue weighted by atomic mass is 16.5. The topological polar surface area (TPSA) is 76.9 Å². The second kappa shape index (κ2) is 4.58. The SMILES string of the molecule is CCn1cc(Oc2cccc(C#N)c2N)cn1. The van der Waals surface area contributed by atoms with E-state index in [9.17, 15) is 0 Å². The second-order valence-corrected chi connectivity index (χ2v) is 3.46. The fourth-order valence-electron chi connectivity index (χ4n) is 1.43. The molecule has 0 saturated heterocycles.